The summed E-state index contributed by atoms with van der Waals surface area (Å²) in [6.07, 6.45) is 2.04. The lowest BCUT2D eigenvalue weighted by molar-refractivity contribution is 0.0583. The molecule has 3 nitrogen and oxygen atoms in total. The summed E-state index contributed by atoms with van der Waals surface area (Å²) in [5.41, 5.74) is 0.255. The Morgan fingerprint density at radius 2 is 2.11 bits per heavy atom. The molecule has 0 aliphatic carbocycles. The molecule has 2 rings (SSSR count). The maximum absolute atomic E-state index is 12.4. The maximum Gasteiger partial charge on any atom is 0.274 e. The molecule has 0 N–H and O–H groups in total. The van der Waals surface area contributed by atoms with Crippen LogP contribution in [0.4, 0.5) is 0 Å². The Morgan fingerprint density at radius 3 is 2.78 bits per heavy atom. The van der Waals surface area contributed by atoms with Gasteiger partial charge in [-0.2, -0.15) is 0 Å². The Balaban J connectivity index is 2.23. The Bertz CT molecular complexity index is 464. The second-order valence-electron chi connectivity index (χ2n) is 4.94. The van der Waals surface area contributed by atoms with Crippen molar-refractivity contribution in [3.8, 4) is 0 Å². The molecule has 5 heteroatoms. The lowest BCUT2D eigenvalue weighted by Gasteiger charge is -2.36. The Kier molecular flexibility index (Phi) is 4.13. The minimum absolute atomic E-state index is 0.123. The van der Waals surface area contributed by atoms with E-state index >= 15 is 0 Å². The van der Waals surface area contributed by atoms with Crippen LogP contribution in [-0.4, -0.2) is 28.4 Å². The first-order valence-electron chi connectivity index (χ1n) is 6.12. The van der Waals surface area contributed by atoms with Gasteiger partial charge in [0.1, 0.15) is 10.8 Å². The molecule has 1 aliphatic rings. The number of likely N-dealkylation sites (tertiary alicyclic amines) is 1. The quantitative estimate of drug-likeness (QED) is 0.739. The van der Waals surface area contributed by atoms with Crippen LogP contribution in [0.15, 0.2) is 12.1 Å². The van der Waals surface area contributed by atoms with E-state index in [1.54, 1.807) is 12.1 Å². The van der Waals surface area contributed by atoms with Crippen molar-refractivity contribution in [3.05, 3.63) is 28.0 Å². The van der Waals surface area contributed by atoms with Gasteiger partial charge in [-0.15, -0.1) is 0 Å². The molecule has 0 radical (unpaired) electrons. The number of aromatic nitrogens is 1. The summed E-state index contributed by atoms with van der Waals surface area (Å²) >= 11 is 11.8. The maximum atomic E-state index is 12.4. The van der Waals surface area contributed by atoms with Crippen molar-refractivity contribution in [1.29, 1.82) is 0 Å². The minimum atomic E-state index is -0.123. The first-order chi connectivity index (χ1) is 8.49. The lowest BCUT2D eigenvalue weighted by Crippen LogP contribution is -2.44. The number of nitrogens with zero attached hydrogens (tertiary/aromatic N) is 2. The number of hydrogen-bond donors (Lipinski definition) is 0. The van der Waals surface area contributed by atoms with E-state index in [4.69, 9.17) is 23.2 Å². The number of hydrogen-bond acceptors (Lipinski definition) is 2. The number of halogens is 2. The second kappa shape index (κ2) is 5.45. The van der Waals surface area contributed by atoms with Crippen molar-refractivity contribution in [2.45, 2.75) is 32.7 Å². The summed E-state index contributed by atoms with van der Waals surface area (Å²) in [6, 6.07) is 3.42. The number of carbonyl (C=O) groups excluding carboxylic acids is 1. The normalized spacial score (nSPS) is 24.1. The molecule has 1 aromatic rings. The van der Waals surface area contributed by atoms with E-state index in [2.05, 4.69) is 18.8 Å². The van der Waals surface area contributed by atoms with Crippen LogP contribution in [0.3, 0.4) is 0 Å². The van der Waals surface area contributed by atoms with Gasteiger partial charge < -0.3 is 4.90 Å². The van der Waals surface area contributed by atoms with E-state index in [0.29, 0.717) is 16.1 Å². The van der Waals surface area contributed by atoms with E-state index < -0.39 is 0 Å². The molecule has 18 heavy (non-hydrogen) atoms. The predicted molar refractivity (Wildman–Crippen MR) is 73.2 cm³/mol. The molecule has 1 aromatic heterocycles. The molecule has 2 unspecified atom stereocenters. The predicted octanol–water partition coefficient (Wildman–Crippen LogP) is 3.65. The van der Waals surface area contributed by atoms with Gasteiger partial charge in [-0.3, -0.25) is 4.79 Å². The molecule has 1 saturated heterocycles. The molecule has 0 aromatic carbocycles. The highest BCUT2D eigenvalue weighted by molar-refractivity contribution is 6.34. The van der Waals surface area contributed by atoms with Crippen molar-refractivity contribution in [2.75, 3.05) is 6.54 Å². The Labute approximate surface area is 117 Å². The van der Waals surface area contributed by atoms with E-state index in [1.807, 2.05) is 4.90 Å². The van der Waals surface area contributed by atoms with Crippen LogP contribution in [0.5, 0.6) is 0 Å². The SMILES string of the molecule is CC1CCN(C(=O)c2nc(Cl)ccc2Cl)C(C)C1. The highest BCUT2D eigenvalue weighted by Crippen LogP contribution is 2.26. The third kappa shape index (κ3) is 2.78. The average molecular weight is 287 g/mol. The topological polar surface area (TPSA) is 33.2 Å². The van der Waals surface area contributed by atoms with Gasteiger partial charge >= 0.3 is 0 Å². The summed E-state index contributed by atoms with van der Waals surface area (Å²) < 4.78 is 0. The molecule has 0 saturated carbocycles. The van der Waals surface area contributed by atoms with Gasteiger partial charge in [-0.1, -0.05) is 30.1 Å². The summed E-state index contributed by atoms with van der Waals surface area (Å²) in [5.74, 6) is 0.536. The lowest BCUT2D eigenvalue weighted by atomic mass is 9.93. The fourth-order valence-electron chi connectivity index (χ4n) is 2.41. The number of amides is 1. The largest absolute Gasteiger partial charge is 0.335 e. The molecule has 0 spiro atoms. The van der Waals surface area contributed by atoms with Crippen LogP contribution < -0.4 is 0 Å². The van der Waals surface area contributed by atoms with Gasteiger partial charge in [0.05, 0.1) is 5.02 Å². The summed E-state index contributed by atoms with van der Waals surface area (Å²) in [6.45, 7) is 5.03. The van der Waals surface area contributed by atoms with E-state index in [9.17, 15) is 4.79 Å². The highest BCUT2D eigenvalue weighted by atomic mass is 35.5. The van der Waals surface area contributed by atoms with E-state index in [-0.39, 0.29) is 17.6 Å². The van der Waals surface area contributed by atoms with Crippen molar-refractivity contribution in [1.82, 2.24) is 9.88 Å². The van der Waals surface area contributed by atoms with Crippen molar-refractivity contribution in [2.24, 2.45) is 5.92 Å². The van der Waals surface area contributed by atoms with Crippen LogP contribution in [0, 0.1) is 5.92 Å². The van der Waals surface area contributed by atoms with Crippen molar-refractivity contribution >= 4 is 29.1 Å². The summed E-state index contributed by atoms with van der Waals surface area (Å²) in [7, 11) is 0. The van der Waals surface area contributed by atoms with Gasteiger partial charge in [-0.25, -0.2) is 4.98 Å². The van der Waals surface area contributed by atoms with Crippen LogP contribution in [0.1, 0.15) is 37.2 Å². The number of pyridine rings is 1. The molecular formula is C13H16Cl2N2O. The van der Waals surface area contributed by atoms with E-state index in [0.717, 1.165) is 19.4 Å². The van der Waals surface area contributed by atoms with E-state index in [1.165, 1.54) is 0 Å². The molecular weight excluding hydrogens is 271 g/mol. The smallest absolute Gasteiger partial charge is 0.274 e. The number of piperidine rings is 1. The Hall–Kier alpha value is -0.800. The zero-order chi connectivity index (χ0) is 13.3. The average Bonchev–Trinajstić information content (AvgIpc) is 2.31. The standard InChI is InChI=1S/C13H16Cl2N2O/c1-8-5-6-17(9(2)7-8)13(18)12-10(14)3-4-11(15)16-12/h3-4,8-9H,5-7H2,1-2H3. The van der Waals surface area contributed by atoms with Gasteiger partial charge in [-0.05, 0) is 37.8 Å². The molecule has 2 atom stereocenters. The molecule has 1 fully saturated rings. The molecule has 1 amide bonds. The summed E-state index contributed by atoms with van der Waals surface area (Å²) in [5, 5.41) is 0.649. The molecule has 2 heterocycles. The monoisotopic (exact) mass is 286 g/mol. The molecule has 0 bridgehead atoms. The number of carbonyl (C=O) groups is 1. The first-order valence-corrected chi connectivity index (χ1v) is 6.87. The zero-order valence-electron chi connectivity index (χ0n) is 10.5. The van der Waals surface area contributed by atoms with Gasteiger partial charge in [0.25, 0.3) is 5.91 Å². The third-order valence-corrected chi connectivity index (χ3v) is 3.93. The highest BCUT2D eigenvalue weighted by Gasteiger charge is 2.29. The Morgan fingerprint density at radius 1 is 1.39 bits per heavy atom. The van der Waals surface area contributed by atoms with Gasteiger partial charge in [0, 0.05) is 12.6 Å². The van der Waals surface area contributed by atoms with Crippen molar-refractivity contribution < 1.29 is 4.79 Å². The minimum Gasteiger partial charge on any atom is -0.335 e. The fourth-order valence-corrected chi connectivity index (χ4v) is 2.75. The first kappa shape index (κ1) is 13.6. The van der Waals surface area contributed by atoms with Crippen LogP contribution in [0.25, 0.3) is 0 Å². The van der Waals surface area contributed by atoms with Crippen LogP contribution in [0.2, 0.25) is 10.2 Å². The second-order valence-corrected chi connectivity index (χ2v) is 5.74. The van der Waals surface area contributed by atoms with Gasteiger partial charge in [0.2, 0.25) is 0 Å². The number of rotatable bonds is 1. The third-order valence-electron chi connectivity index (χ3n) is 3.41. The zero-order valence-corrected chi connectivity index (χ0v) is 12.0. The van der Waals surface area contributed by atoms with Crippen LogP contribution >= 0.6 is 23.2 Å². The van der Waals surface area contributed by atoms with Crippen LogP contribution in [-0.2, 0) is 0 Å². The molecule has 1 aliphatic heterocycles. The fraction of sp³-hybridized carbons (Fsp3) is 0.538. The molecule has 98 valence electrons. The summed E-state index contributed by atoms with van der Waals surface area (Å²) in [4.78, 5) is 18.3. The van der Waals surface area contributed by atoms with Gasteiger partial charge in [0.15, 0.2) is 0 Å². The van der Waals surface area contributed by atoms with Crippen molar-refractivity contribution in [3.63, 3.8) is 0 Å².